The minimum absolute atomic E-state index is 0.0313. The number of anilines is 1. The molecular weight excluding hydrogens is 374 g/mol. The van der Waals surface area contributed by atoms with Crippen LogP contribution in [-0.4, -0.2) is 62.1 Å². The summed E-state index contributed by atoms with van der Waals surface area (Å²) >= 11 is 6.07. The van der Waals surface area contributed by atoms with Gasteiger partial charge in [-0.25, -0.2) is 0 Å². The van der Waals surface area contributed by atoms with Crippen LogP contribution in [0.1, 0.15) is 19.8 Å². The van der Waals surface area contributed by atoms with E-state index in [1.807, 2.05) is 6.92 Å². The summed E-state index contributed by atoms with van der Waals surface area (Å²) in [5.74, 6) is -0.598. The molecule has 1 aliphatic heterocycles. The Morgan fingerprint density at radius 2 is 2.19 bits per heavy atom. The summed E-state index contributed by atoms with van der Waals surface area (Å²) in [4.78, 5) is 38.0. The van der Waals surface area contributed by atoms with E-state index in [1.165, 1.54) is 12.0 Å². The molecule has 1 atom stereocenters. The van der Waals surface area contributed by atoms with Crippen LogP contribution in [0.2, 0.25) is 5.02 Å². The monoisotopic (exact) mass is 397 g/mol. The van der Waals surface area contributed by atoms with E-state index in [4.69, 9.17) is 21.1 Å². The molecule has 1 unspecified atom stereocenters. The summed E-state index contributed by atoms with van der Waals surface area (Å²) in [6.07, 6.45) is 0.533. The van der Waals surface area contributed by atoms with Crippen LogP contribution in [0, 0.1) is 0 Å². The lowest BCUT2D eigenvalue weighted by Crippen LogP contribution is -2.58. The first-order chi connectivity index (χ1) is 13.0. The molecule has 1 aromatic carbocycles. The van der Waals surface area contributed by atoms with Gasteiger partial charge >= 0.3 is 5.97 Å². The van der Waals surface area contributed by atoms with E-state index in [-0.39, 0.29) is 24.8 Å². The number of esters is 1. The highest BCUT2D eigenvalue weighted by molar-refractivity contribution is 6.32. The highest BCUT2D eigenvalue weighted by Crippen LogP contribution is 2.27. The molecule has 0 spiro atoms. The van der Waals surface area contributed by atoms with Gasteiger partial charge in [-0.2, -0.15) is 0 Å². The Balaban J connectivity index is 1.98. The van der Waals surface area contributed by atoms with Crippen LogP contribution in [0.15, 0.2) is 18.2 Å². The Morgan fingerprint density at radius 1 is 1.41 bits per heavy atom. The molecule has 0 radical (unpaired) electrons. The molecule has 148 valence electrons. The van der Waals surface area contributed by atoms with Crippen molar-refractivity contribution in [3.05, 3.63) is 23.2 Å². The van der Waals surface area contributed by atoms with Crippen molar-refractivity contribution in [3.8, 4) is 5.75 Å². The number of ether oxygens (including phenoxy) is 2. The van der Waals surface area contributed by atoms with Crippen LogP contribution in [0.3, 0.4) is 0 Å². The number of nitrogens with zero attached hydrogens (tertiary/aromatic N) is 1. The third-order valence-electron chi connectivity index (χ3n) is 4.07. The van der Waals surface area contributed by atoms with Crippen molar-refractivity contribution < 1.29 is 23.9 Å². The molecule has 1 fully saturated rings. The topological polar surface area (TPSA) is 97.0 Å². The minimum atomic E-state index is -0.864. The number of rotatable bonds is 8. The second-order valence-electron chi connectivity index (χ2n) is 6.02. The van der Waals surface area contributed by atoms with E-state index in [9.17, 15) is 14.4 Å². The van der Waals surface area contributed by atoms with E-state index in [2.05, 4.69) is 10.6 Å². The first-order valence-electron chi connectivity index (χ1n) is 8.76. The largest absolute Gasteiger partial charge is 0.495 e. The zero-order chi connectivity index (χ0) is 19.8. The number of hydrogen-bond donors (Lipinski definition) is 2. The lowest BCUT2D eigenvalue weighted by Gasteiger charge is -2.34. The molecule has 9 heteroatoms. The lowest BCUT2D eigenvalue weighted by atomic mass is 10.1. The second-order valence-corrected chi connectivity index (χ2v) is 6.43. The van der Waals surface area contributed by atoms with E-state index in [0.29, 0.717) is 42.6 Å². The van der Waals surface area contributed by atoms with Crippen molar-refractivity contribution in [3.63, 3.8) is 0 Å². The zero-order valence-corrected chi connectivity index (χ0v) is 16.2. The summed E-state index contributed by atoms with van der Waals surface area (Å²) in [5, 5.41) is 6.08. The summed E-state index contributed by atoms with van der Waals surface area (Å²) in [7, 11) is 1.52. The van der Waals surface area contributed by atoms with Gasteiger partial charge in [0.1, 0.15) is 11.8 Å². The molecule has 2 rings (SSSR count). The fourth-order valence-corrected chi connectivity index (χ4v) is 2.96. The van der Waals surface area contributed by atoms with Crippen LogP contribution >= 0.6 is 11.6 Å². The van der Waals surface area contributed by atoms with Gasteiger partial charge in [0, 0.05) is 18.8 Å². The number of carbonyl (C=O) groups is 3. The van der Waals surface area contributed by atoms with Crippen molar-refractivity contribution in [1.29, 1.82) is 0 Å². The highest BCUT2D eigenvalue weighted by atomic mass is 35.5. The van der Waals surface area contributed by atoms with Gasteiger partial charge < -0.3 is 25.0 Å². The second kappa shape index (κ2) is 10.0. The molecular formula is C18H24ClN3O5. The number of nitrogens with one attached hydrogen (secondary N) is 2. The maximum atomic E-state index is 12.6. The third kappa shape index (κ3) is 5.75. The van der Waals surface area contributed by atoms with Crippen LogP contribution in [0.4, 0.5) is 5.69 Å². The van der Waals surface area contributed by atoms with Crippen molar-refractivity contribution >= 4 is 35.1 Å². The van der Waals surface area contributed by atoms with Crippen molar-refractivity contribution in [2.24, 2.45) is 0 Å². The van der Waals surface area contributed by atoms with E-state index >= 15 is 0 Å². The summed E-state index contributed by atoms with van der Waals surface area (Å²) in [5.41, 5.74) is 0.648. The molecule has 1 heterocycles. The van der Waals surface area contributed by atoms with Crippen LogP contribution < -0.4 is 15.4 Å². The zero-order valence-electron chi connectivity index (χ0n) is 15.4. The first kappa shape index (κ1) is 20.8. The molecule has 0 aromatic heterocycles. The molecule has 1 aliphatic rings. The summed E-state index contributed by atoms with van der Waals surface area (Å²) in [6.45, 7) is 2.83. The average Bonchev–Trinajstić information content (AvgIpc) is 2.66. The Morgan fingerprint density at radius 3 is 2.85 bits per heavy atom. The van der Waals surface area contributed by atoms with Crippen molar-refractivity contribution in [2.45, 2.75) is 25.8 Å². The molecule has 0 bridgehead atoms. The lowest BCUT2D eigenvalue weighted by molar-refractivity contribution is -0.151. The van der Waals surface area contributed by atoms with Crippen LogP contribution in [-0.2, 0) is 19.1 Å². The van der Waals surface area contributed by atoms with Gasteiger partial charge in [0.25, 0.3) is 0 Å². The molecule has 0 saturated carbocycles. The normalized spacial score (nSPS) is 16.5. The Kier molecular flexibility index (Phi) is 7.72. The van der Waals surface area contributed by atoms with Crippen molar-refractivity contribution in [1.82, 2.24) is 10.2 Å². The average molecular weight is 398 g/mol. The third-order valence-corrected chi connectivity index (χ3v) is 4.37. The summed E-state index contributed by atoms with van der Waals surface area (Å²) < 4.78 is 10.1. The number of piperazine rings is 1. The number of methoxy groups -OCH3 is 1. The molecule has 1 aromatic rings. The van der Waals surface area contributed by atoms with Crippen LogP contribution in [0.5, 0.6) is 5.75 Å². The number of benzene rings is 1. The first-order valence-corrected chi connectivity index (χ1v) is 9.14. The van der Waals surface area contributed by atoms with Gasteiger partial charge in [0.2, 0.25) is 11.8 Å². The van der Waals surface area contributed by atoms with E-state index in [0.717, 1.165) is 0 Å². The maximum absolute atomic E-state index is 12.6. The predicted octanol–water partition coefficient (Wildman–Crippen LogP) is 1.43. The van der Waals surface area contributed by atoms with Gasteiger partial charge in [-0.1, -0.05) is 18.5 Å². The standard InChI is InChI=1S/C18H24ClN3O5/c1-3-8-27-17(24)10-14-18(25)20-6-7-22(14)16(23)11-21-12-4-5-15(26-2)13(19)9-12/h4-5,9,14,21H,3,6-8,10-11H2,1-2H3,(H,20,25). The highest BCUT2D eigenvalue weighted by Gasteiger charge is 2.34. The van der Waals surface area contributed by atoms with Gasteiger partial charge in [-0.3, -0.25) is 14.4 Å². The Bertz CT molecular complexity index is 698. The number of amides is 2. The van der Waals surface area contributed by atoms with E-state index < -0.39 is 12.0 Å². The fourth-order valence-electron chi connectivity index (χ4n) is 2.70. The smallest absolute Gasteiger partial charge is 0.308 e. The van der Waals surface area contributed by atoms with Gasteiger partial charge in [0.05, 0.1) is 31.7 Å². The van der Waals surface area contributed by atoms with E-state index in [1.54, 1.807) is 18.2 Å². The molecule has 2 N–H and O–H groups in total. The van der Waals surface area contributed by atoms with Gasteiger partial charge in [0.15, 0.2) is 0 Å². The van der Waals surface area contributed by atoms with Crippen molar-refractivity contribution in [2.75, 3.05) is 38.7 Å². The van der Waals surface area contributed by atoms with Gasteiger partial charge in [-0.15, -0.1) is 0 Å². The number of carbonyl (C=O) groups excluding carboxylic acids is 3. The maximum Gasteiger partial charge on any atom is 0.308 e. The molecule has 27 heavy (non-hydrogen) atoms. The molecule has 0 aliphatic carbocycles. The summed E-state index contributed by atoms with van der Waals surface area (Å²) in [6, 6.07) is 4.21. The Labute approximate surface area is 163 Å². The number of halogens is 1. The van der Waals surface area contributed by atoms with Crippen LogP contribution in [0.25, 0.3) is 0 Å². The minimum Gasteiger partial charge on any atom is -0.495 e. The van der Waals surface area contributed by atoms with Gasteiger partial charge in [-0.05, 0) is 24.6 Å². The molecule has 2 amide bonds. The SMILES string of the molecule is CCCOC(=O)CC1C(=O)NCCN1C(=O)CNc1ccc(OC)c(Cl)c1. The predicted molar refractivity (Wildman–Crippen MR) is 101 cm³/mol. The Hall–Kier alpha value is -2.48. The number of hydrogen-bond acceptors (Lipinski definition) is 6. The fraction of sp³-hybridized carbons (Fsp3) is 0.500. The quantitative estimate of drug-likeness (QED) is 0.644. The molecule has 1 saturated heterocycles. The molecule has 8 nitrogen and oxygen atoms in total.